The molecule has 0 saturated carbocycles. The quantitative estimate of drug-likeness (QED) is 0.800. The molecule has 1 fully saturated rings. The third-order valence-corrected chi connectivity index (χ3v) is 4.59. The molecule has 0 unspecified atom stereocenters. The minimum Gasteiger partial charge on any atom is -0.352 e. The number of anilines is 1. The standard InChI is InChI=1S/C20H21ClN2O2/c21-17-10-8-15(9-11-17)4-2-12-22-20(25)16-5-1-6-18(14-16)23-13-3-7-19(23)24/h1,5-6,8-11,14H,2-4,7,12-13H2,(H,22,25). The van der Waals surface area contributed by atoms with E-state index in [9.17, 15) is 9.59 Å². The van der Waals surface area contributed by atoms with Gasteiger partial charge in [0, 0.05) is 35.8 Å². The van der Waals surface area contributed by atoms with Crippen LogP contribution in [0.1, 0.15) is 35.2 Å². The van der Waals surface area contributed by atoms with E-state index in [1.807, 2.05) is 36.4 Å². The molecule has 1 aliphatic heterocycles. The zero-order valence-corrected chi connectivity index (χ0v) is 14.8. The van der Waals surface area contributed by atoms with E-state index in [1.165, 1.54) is 5.56 Å². The molecule has 1 aliphatic rings. The van der Waals surface area contributed by atoms with Crippen molar-refractivity contribution >= 4 is 29.1 Å². The summed E-state index contributed by atoms with van der Waals surface area (Å²) in [5.74, 6) is 0.0186. The Kier molecular flexibility index (Phi) is 5.71. The van der Waals surface area contributed by atoms with Gasteiger partial charge in [0.2, 0.25) is 5.91 Å². The van der Waals surface area contributed by atoms with Crippen LogP contribution < -0.4 is 10.2 Å². The Bertz CT molecular complexity index is 759. The van der Waals surface area contributed by atoms with Gasteiger partial charge in [-0.15, -0.1) is 0 Å². The second-order valence-corrected chi connectivity index (χ2v) is 6.62. The fraction of sp³-hybridized carbons (Fsp3) is 0.300. The molecular weight excluding hydrogens is 336 g/mol. The lowest BCUT2D eigenvalue weighted by molar-refractivity contribution is -0.117. The highest BCUT2D eigenvalue weighted by Gasteiger charge is 2.22. The van der Waals surface area contributed by atoms with Gasteiger partial charge in [0.15, 0.2) is 0 Å². The summed E-state index contributed by atoms with van der Waals surface area (Å²) in [6.45, 7) is 1.33. The number of rotatable bonds is 6. The molecule has 1 N–H and O–H groups in total. The summed E-state index contributed by atoms with van der Waals surface area (Å²) in [5, 5.41) is 3.67. The molecule has 25 heavy (non-hydrogen) atoms. The van der Waals surface area contributed by atoms with Gasteiger partial charge < -0.3 is 10.2 Å². The summed E-state index contributed by atoms with van der Waals surface area (Å²) in [7, 11) is 0. The van der Waals surface area contributed by atoms with Gasteiger partial charge in [0.25, 0.3) is 5.91 Å². The van der Waals surface area contributed by atoms with Crippen molar-refractivity contribution in [3.63, 3.8) is 0 Å². The Balaban J connectivity index is 1.51. The number of nitrogens with zero attached hydrogens (tertiary/aromatic N) is 1. The lowest BCUT2D eigenvalue weighted by Gasteiger charge is -2.16. The molecule has 0 radical (unpaired) electrons. The number of carbonyl (C=O) groups is 2. The summed E-state index contributed by atoms with van der Waals surface area (Å²) in [5.41, 5.74) is 2.59. The molecule has 0 aromatic heterocycles. The highest BCUT2D eigenvalue weighted by Crippen LogP contribution is 2.22. The maximum Gasteiger partial charge on any atom is 0.251 e. The van der Waals surface area contributed by atoms with Crippen LogP contribution in [0.2, 0.25) is 5.02 Å². The first-order valence-corrected chi connectivity index (χ1v) is 8.94. The van der Waals surface area contributed by atoms with Crippen molar-refractivity contribution in [3.8, 4) is 0 Å². The van der Waals surface area contributed by atoms with Crippen molar-refractivity contribution in [3.05, 3.63) is 64.7 Å². The number of hydrogen-bond acceptors (Lipinski definition) is 2. The summed E-state index contributed by atoms with van der Waals surface area (Å²) in [6.07, 6.45) is 3.21. The highest BCUT2D eigenvalue weighted by atomic mass is 35.5. The molecular formula is C20H21ClN2O2. The second kappa shape index (κ2) is 8.17. The van der Waals surface area contributed by atoms with Crippen molar-refractivity contribution in [1.29, 1.82) is 0 Å². The van der Waals surface area contributed by atoms with Gasteiger partial charge in [-0.1, -0.05) is 29.8 Å². The number of carbonyl (C=O) groups excluding carboxylic acids is 2. The van der Waals surface area contributed by atoms with Crippen LogP contribution in [-0.4, -0.2) is 24.9 Å². The van der Waals surface area contributed by atoms with Gasteiger partial charge in [-0.2, -0.15) is 0 Å². The van der Waals surface area contributed by atoms with Crippen LogP contribution in [0.25, 0.3) is 0 Å². The maximum atomic E-state index is 12.3. The number of halogens is 1. The van der Waals surface area contributed by atoms with Crippen LogP contribution >= 0.6 is 11.6 Å². The molecule has 0 aliphatic carbocycles. The number of nitrogens with one attached hydrogen (secondary N) is 1. The van der Waals surface area contributed by atoms with Crippen molar-refractivity contribution in [2.45, 2.75) is 25.7 Å². The van der Waals surface area contributed by atoms with E-state index in [2.05, 4.69) is 5.32 Å². The fourth-order valence-electron chi connectivity index (χ4n) is 2.98. The highest BCUT2D eigenvalue weighted by molar-refractivity contribution is 6.30. The van der Waals surface area contributed by atoms with Gasteiger partial charge in [-0.25, -0.2) is 0 Å². The summed E-state index contributed by atoms with van der Waals surface area (Å²) in [6, 6.07) is 15.0. The number of amides is 2. The molecule has 5 heteroatoms. The number of aryl methyl sites for hydroxylation is 1. The van der Waals surface area contributed by atoms with E-state index in [1.54, 1.807) is 17.0 Å². The molecule has 4 nitrogen and oxygen atoms in total. The lowest BCUT2D eigenvalue weighted by Crippen LogP contribution is -2.26. The Labute approximate surface area is 152 Å². The van der Waals surface area contributed by atoms with E-state index < -0.39 is 0 Å². The van der Waals surface area contributed by atoms with Gasteiger partial charge in [0.1, 0.15) is 0 Å². The average molecular weight is 357 g/mol. The Morgan fingerprint density at radius 1 is 1.16 bits per heavy atom. The predicted octanol–water partition coefficient (Wildman–Crippen LogP) is 3.83. The first-order valence-electron chi connectivity index (χ1n) is 8.56. The summed E-state index contributed by atoms with van der Waals surface area (Å²) < 4.78 is 0. The molecule has 0 atom stereocenters. The monoisotopic (exact) mass is 356 g/mol. The van der Waals surface area contributed by atoms with Crippen LogP contribution in [0.3, 0.4) is 0 Å². The van der Waals surface area contributed by atoms with Gasteiger partial charge in [-0.05, 0) is 55.2 Å². The van der Waals surface area contributed by atoms with Crippen LogP contribution in [-0.2, 0) is 11.2 Å². The van der Waals surface area contributed by atoms with Gasteiger partial charge in [0.05, 0.1) is 0 Å². The van der Waals surface area contributed by atoms with Gasteiger partial charge >= 0.3 is 0 Å². The second-order valence-electron chi connectivity index (χ2n) is 6.19. The average Bonchev–Trinajstić information content (AvgIpc) is 3.06. The molecule has 2 aromatic carbocycles. The topological polar surface area (TPSA) is 49.4 Å². The molecule has 0 bridgehead atoms. The molecule has 1 saturated heterocycles. The third-order valence-electron chi connectivity index (χ3n) is 4.33. The molecule has 0 spiro atoms. The van der Waals surface area contributed by atoms with Crippen LogP contribution in [0.15, 0.2) is 48.5 Å². The third kappa shape index (κ3) is 4.60. The largest absolute Gasteiger partial charge is 0.352 e. The number of hydrogen-bond donors (Lipinski definition) is 1. The SMILES string of the molecule is O=C(NCCCc1ccc(Cl)cc1)c1cccc(N2CCCC2=O)c1. The minimum atomic E-state index is -0.107. The van der Waals surface area contributed by atoms with Crippen molar-refractivity contribution in [2.75, 3.05) is 18.0 Å². The molecule has 2 amide bonds. The molecule has 130 valence electrons. The fourth-order valence-corrected chi connectivity index (χ4v) is 3.11. The summed E-state index contributed by atoms with van der Waals surface area (Å²) in [4.78, 5) is 25.9. The zero-order chi connectivity index (χ0) is 17.6. The normalized spacial score (nSPS) is 14.0. The molecule has 2 aromatic rings. The first kappa shape index (κ1) is 17.5. The first-order chi connectivity index (χ1) is 12.1. The van der Waals surface area contributed by atoms with E-state index in [0.717, 1.165) is 36.5 Å². The van der Waals surface area contributed by atoms with E-state index in [4.69, 9.17) is 11.6 Å². The van der Waals surface area contributed by atoms with Crippen molar-refractivity contribution in [2.24, 2.45) is 0 Å². The van der Waals surface area contributed by atoms with Crippen LogP contribution in [0.4, 0.5) is 5.69 Å². The number of benzene rings is 2. The summed E-state index contributed by atoms with van der Waals surface area (Å²) >= 11 is 5.87. The van der Waals surface area contributed by atoms with E-state index in [0.29, 0.717) is 18.5 Å². The van der Waals surface area contributed by atoms with Crippen LogP contribution in [0.5, 0.6) is 0 Å². The maximum absolute atomic E-state index is 12.3. The Morgan fingerprint density at radius 3 is 2.68 bits per heavy atom. The zero-order valence-electron chi connectivity index (χ0n) is 14.0. The Morgan fingerprint density at radius 2 is 1.96 bits per heavy atom. The van der Waals surface area contributed by atoms with Crippen molar-refractivity contribution in [1.82, 2.24) is 5.32 Å². The predicted molar refractivity (Wildman–Crippen MR) is 100 cm³/mol. The molecule has 1 heterocycles. The smallest absolute Gasteiger partial charge is 0.251 e. The van der Waals surface area contributed by atoms with Gasteiger partial charge in [-0.3, -0.25) is 9.59 Å². The van der Waals surface area contributed by atoms with E-state index in [-0.39, 0.29) is 11.8 Å². The van der Waals surface area contributed by atoms with Crippen molar-refractivity contribution < 1.29 is 9.59 Å². The lowest BCUT2D eigenvalue weighted by atomic mass is 10.1. The minimum absolute atomic E-state index is 0.107. The van der Waals surface area contributed by atoms with E-state index >= 15 is 0 Å². The molecule has 3 rings (SSSR count). The van der Waals surface area contributed by atoms with Crippen LogP contribution in [0, 0.1) is 0 Å². The Hall–Kier alpha value is -2.33.